The average molecular weight is 549 g/mol. The van der Waals surface area contributed by atoms with Crippen molar-refractivity contribution in [3.63, 3.8) is 0 Å². The number of amides is 2. The van der Waals surface area contributed by atoms with Gasteiger partial charge in [0.05, 0.1) is 10.6 Å². The van der Waals surface area contributed by atoms with Gasteiger partial charge in [-0.05, 0) is 66.7 Å². The van der Waals surface area contributed by atoms with E-state index in [4.69, 9.17) is 5.10 Å². The van der Waals surface area contributed by atoms with Crippen LogP contribution < -0.4 is 15.2 Å². The number of hydrazone groups is 1. The number of hydrogen-bond donors (Lipinski definition) is 1. The molecule has 0 radical (unpaired) electrons. The first-order valence-corrected chi connectivity index (χ1v) is 14.0. The van der Waals surface area contributed by atoms with E-state index in [0.29, 0.717) is 10.6 Å². The molecule has 39 heavy (non-hydrogen) atoms. The summed E-state index contributed by atoms with van der Waals surface area (Å²) in [4.78, 5) is 29.9. The minimum absolute atomic E-state index is 0.153. The van der Waals surface area contributed by atoms with Crippen molar-refractivity contribution in [3.05, 3.63) is 131 Å². The number of benzene rings is 4. The molecule has 8 heteroatoms. The Morgan fingerprint density at radius 1 is 0.795 bits per heavy atom. The van der Waals surface area contributed by atoms with E-state index in [1.54, 1.807) is 9.91 Å². The summed E-state index contributed by atoms with van der Waals surface area (Å²) in [6, 6.07) is 36.5. The molecular weight excluding hydrogens is 525 g/mol. The molecule has 1 saturated heterocycles. The highest BCUT2D eigenvalue weighted by Gasteiger charge is 2.60. The topological polar surface area (TPSA) is 65.0 Å². The van der Waals surface area contributed by atoms with Crippen LogP contribution in [0.4, 0.5) is 17.1 Å². The molecule has 6 rings (SSSR count). The Morgan fingerprint density at radius 2 is 1.41 bits per heavy atom. The number of hydrogen-bond acceptors (Lipinski definition) is 6. The van der Waals surface area contributed by atoms with Crippen LogP contribution in [0.3, 0.4) is 0 Å². The van der Waals surface area contributed by atoms with Crippen molar-refractivity contribution < 1.29 is 9.59 Å². The summed E-state index contributed by atoms with van der Waals surface area (Å²) in [5.41, 5.74) is 4.19. The number of aryl methyl sites for hydroxylation is 1. The van der Waals surface area contributed by atoms with Gasteiger partial charge in [0, 0.05) is 11.4 Å². The number of para-hydroxylation sites is 2. The van der Waals surface area contributed by atoms with Crippen molar-refractivity contribution in [2.24, 2.45) is 5.10 Å². The number of rotatable bonds is 5. The summed E-state index contributed by atoms with van der Waals surface area (Å²) in [6.07, 6.45) is 1.90. The average Bonchev–Trinajstić information content (AvgIpc) is 3.47. The van der Waals surface area contributed by atoms with Crippen molar-refractivity contribution in [2.45, 2.75) is 11.3 Å². The van der Waals surface area contributed by atoms with Gasteiger partial charge in [-0.1, -0.05) is 96.2 Å². The number of thioether (sulfide) groups is 2. The number of anilines is 3. The molecule has 0 bridgehead atoms. The Kier molecular flexibility index (Phi) is 6.72. The lowest BCUT2D eigenvalue weighted by Gasteiger charge is -2.38. The lowest BCUT2D eigenvalue weighted by Crippen LogP contribution is -2.51. The van der Waals surface area contributed by atoms with Crippen LogP contribution in [0, 0.1) is 6.92 Å². The zero-order valence-electron chi connectivity index (χ0n) is 21.0. The zero-order chi connectivity index (χ0) is 26.8. The monoisotopic (exact) mass is 548 g/mol. The summed E-state index contributed by atoms with van der Waals surface area (Å²) in [7, 11) is 0. The maximum absolute atomic E-state index is 14.1. The third kappa shape index (κ3) is 4.84. The third-order valence-corrected chi connectivity index (χ3v) is 8.96. The Labute approximate surface area is 235 Å². The first-order chi connectivity index (χ1) is 19.0. The van der Waals surface area contributed by atoms with Crippen LogP contribution in [-0.4, -0.2) is 21.2 Å². The number of carbonyl (C=O) groups excluding carboxylic acids is 2. The van der Waals surface area contributed by atoms with Crippen molar-refractivity contribution >= 4 is 63.5 Å². The molecule has 4 aromatic carbocycles. The molecule has 0 saturated carbocycles. The van der Waals surface area contributed by atoms with Crippen LogP contribution in [0.25, 0.3) is 6.08 Å². The van der Waals surface area contributed by atoms with Gasteiger partial charge in [0.2, 0.25) is 4.33 Å². The number of nitrogens with one attached hydrogen (secondary N) is 1. The molecule has 2 aliphatic rings. The summed E-state index contributed by atoms with van der Waals surface area (Å²) in [6.45, 7) is 2.02. The van der Waals surface area contributed by atoms with Crippen LogP contribution in [-0.2, 0) is 9.59 Å². The molecule has 1 atom stereocenters. The second-order valence-corrected chi connectivity index (χ2v) is 11.7. The van der Waals surface area contributed by atoms with Crippen molar-refractivity contribution in [1.82, 2.24) is 0 Å². The molecule has 2 amide bonds. The maximum Gasteiger partial charge on any atom is 0.282 e. The highest BCUT2D eigenvalue weighted by atomic mass is 32.2. The quantitative estimate of drug-likeness (QED) is 0.274. The van der Waals surface area contributed by atoms with Gasteiger partial charge < -0.3 is 5.32 Å². The molecule has 1 fully saturated rings. The molecule has 1 spiro atoms. The molecule has 2 aliphatic heterocycles. The molecule has 1 N–H and O–H groups in total. The van der Waals surface area contributed by atoms with E-state index >= 15 is 0 Å². The van der Waals surface area contributed by atoms with E-state index in [-0.39, 0.29) is 16.9 Å². The van der Waals surface area contributed by atoms with Crippen LogP contribution in [0.15, 0.2) is 125 Å². The van der Waals surface area contributed by atoms with Crippen molar-refractivity contribution in [2.75, 3.05) is 15.2 Å². The molecule has 6 nitrogen and oxygen atoms in total. The fourth-order valence-corrected chi connectivity index (χ4v) is 7.25. The van der Waals surface area contributed by atoms with E-state index in [1.165, 1.54) is 23.5 Å². The maximum atomic E-state index is 14.1. The second kappa shape index (κ2) is 10.5. The predicted octanol–water partition coefficient (Wildman–Crippen LogP) is 6.93. The van der Waals surface area contributed by atoms with Crippen molar-refractivity contribution in [3.8, 4) is 0 Å². The van der Waals surface area contributed by atoms with Crippen molar-refractivity contribution in [1.29, 1.82) is 0 Å². The van der Waals surface area contributed by atoms with Gasteiger partial charge in [0.15, 0.2) is 5.04 Å². The minimum atomic E-state index is -1.09. The largest absolute Gasteiger partial charge is 0.320 e. The van der Waals surface area contributed by atoms with E-state index in [1.807, 2.05) is 128 Å². The zero-order valence-corrected chi connectivity index (χ0v) is 22.7. The molecule has 4 aromatic rings. The smallest absolute Gasteiger partial charge is 0.282 e. The van der Waals surface area contributed by atoms with Gasteiger partial charge in [0.25, 0.3) is 11.8 Å². The molecule has 0 aromatic heterocycles. The highest BCUT2D eigenvalue weighted by molar-refractivity contribution is 8.29. The van der Waals surface area contributed by atoms with E-state index in [9.17, 15) is 9.59 Å². The first kappa shape index (κ1) is 25.0. The Hall–Kier alpha value is -4.27. The molecule has 0 aliphatic carbocycles. The van der Waals surface area contributed by atoms with Gasteiger partial charge in [-0.2, -0.15) is 5.10 Å². The molecule has 192 valence electrons. The van der Waals surface area contributed by atoms with Gasteiger partial charge in [0.1, 0.15) is 0 Å². The fraction of sp³-hybridized carbons (Fsp3) is 0.0645. The normalized spacial score (nSPS) is 19.6. The third-order valence-electron chi connectivity index (χ3n) is 6.24. The summed E-state index contributed by atoms with van der Waals surface area (Å²) >= 11 is 2.66. The van der Waals surface area contributed by atoms with Gasteiger partial charge in [-0.15, -0.1) is 0 Å². The second-order valence-electron chi connectivity index (χ2n) is 9.02. The Balaban J connectivity index is 1.47. The van der Waals surface area contributed by atoms with E-state index in [2.05, 4.69) is 5.32 Å². The molecular formula is C31H24N4O2S2. The highest BCUT2D eigenvalue weighted by Crippen LogP contribution is 2.59. The van der Waals surface area contributed by atoms with E-state index < -0.39 is 4.33 Å². The molecule has 2 heterocycles. The Bertz CT molecular complexity index is 1580. The summed E-state index contributed by atoms with van der Waals surface area (Å²) in [5.74, 6) is -0.485. The summed E-state index contributed by atoms with van der Waals surface area (Å²) in [5, 5.41) is 9.83. The van der Waals surface area contributed by atoms with Crippen LogP contribution in [0.1, 0.15) is 11.1 Å². The minimum Gasteiger partial charge on any atom is -0.320 e. The predicted molar refractivity (Wildman–Crippen MR) is 162 cm³/mol. The van der Waals surface area contributed by atoms with Gasteiger partial charge >= 0.3 is 0 Å². The van der Waals surface area contributed by atoms with E-state index in [0.717, 1.165) is 22.5 Å². The van der Waals surface area contributed by atoms with Crippen LogP contribution >= 0.6 is 23.5 Å². The standard InChI is InChI=1S/C31H24N4O2S2/c1-22-17-19-26(20-18-22)35-31(39-29(33-35)28(36)32-24-13-7-3-8-14-24)34(25-15-9-4-10-16-25)30(37)27(38-31)21-23-11-5-2-6-12-23/h2-21H,1H3,(H,32,36). The first-order valence-electron chi connectivity index (χ1n) is 12.4. The number of carbonyl (C=O) groups is 2. The lowest BCUT2D eigenvalue weighted by molar-refractivity contribution is -0.114. The fourth-order valence-electron chi connectivity index (χ4n) is 4.37. The van der Waals surface area contributed by atoms with Gasteiger partial charge in [-0.25, -0.2) is 5.01 Å². The number of nitrogens with zero attached hydrogens (tertiary/aromatic N) is 3. The Morgan fingerprint density at radius 3 is 2.08 bits per heavy atom. The van der Waals surface area contributed by atoms with Crippen LogP contribution in [0.5, 0.6) is 0 Å². The SMILES string of the molecule is Cc1ccc(N2N=C(C(=O)Nc3ccccc3)SC23SC(=Cc2ccccc2)C(=O)N3c2ccccc2)cc1. The molecule has 1 unspecified atom stereocenters. The van der Waals surface area contributed by atoms with Gasteiger partial charge in [-0.3, -0.25) is 14.5 Å². The lowest BCUT2D eigenvalue weighted by atomic mass is 10.2. The van der Waals surface area contributed by atoms with Crippen LogP contribution in [0.2, 0.25) is 0 Å². The summed E-state index contributed by atoms with van der Waals surface area (Å²) < 4.78 is -1.09.